The molecule has 3 rings (SSSR count). The summed E-state index contributed by atoms with van der Waals surface area (Å²) in [4.78, 5) is 11.0. The Balaban J connectivity index is 1.83. The Morgan fingerprint density at radius 2 is 1.88 bits per heavy atom. The summed E-state index contributed by atoms with van der Waals surface area (Å²) in [6.07, 6.45) is -2.17. The summed E-state index contributed by atoms with van der Waals surface area (Å²) in [5.74, 6) is -0.543. The first-order valence-electron chi connectivity index (χ1n) is 7.92. The summed E-state index contributed by atoms with van der Waals surface area (Å²) in [5, 5.41) is 10.7. The molecule has 1 saturated carbocycles. The van der Waals surface area contributed by atoms with Gasteiger partial charge in [-0.15, -0.1) is 10.2 Å². The summed E-state index contributed by atoms with van der Waals surface area (Å²) < 4.78 is 39.9. The van der Waals surface area contributed by atoms with Gasteiger partial charge in [0, 0.05) is 12.0 Å². The number of halogens is 3. The minimum Gasteiger partial charge on any atom is -0.365 e. The molecule has 1 aromatic heterocycles. The molecule has 0 spiro atoms. The molecule has 2 unspecified atom stereocenters. The average molecular weight is 350 g/mol. The molecular weight excluding hydrogens is 333 g/mol. The fourth-order valence-electron chi connectivity index (χ4n) is 3.31. The quantitative estimate of drug-likeness (QED) is 0.886. The van der Waals surface area contributed by atoms with E-state index in [9.17, 15) is 18.0 Å². The lowest BCUT2D eigenvalue weighted by molar-refractivity contribution is -0.138. The van der Waals surface area contributed by atoms with Crippen molar-refractivity contribution < 1.29 is 18.0 Å². The van der Waals surface area contributed by atoms with Crippen molar-refractivity contribution >= 4 is 11.7 Å². The van der Waals surface area contributed by atoms with Gasteiger partial charge in [-0.3, -0.25) is 4.79 Å². The number of aromatic nitrogens is 2. The zero-order valence-electron chi connectivity index (χ0n) is 13.3. The summed E-state index contributed by atoms with van der Waals surface area (Å²) in [7, 11) is 0. The molecule has 0 radical (unpaired) electrons. The number of hydrogen-bond acceptors (Lipinski definition) is 4. The van der Waals surface area contributed by atoms with Crippen LogP contribution in [0.15, 0.2) is 36.4 Å². The number of anilines is 1. The summed E-state index contributed by atoms with van der Waals surface area (Å²) in [6.45, 7) is 0. The molecule has 2 atom stereocenters. The molecule has 25 heavy (non-hydrogen) atoms. The standard InChI is InChI=1S/C17H17F3N4O/c18-17(19,20)12-6-2-1-4-10(12)11-5-3-7-13(11)22-15-9-8-14(16(21)25)23-24-15/h1-2,4,6,8-9,11,13H,3,5,7H2,(H2,21,25)(H,22,24). The number of carbonyl (C=O) groups excluding carboxylic acids is 1. The lowest BCUT2D eigenvalue weighted by Gasteiger charge is -2.24. The maximum Gasteiger partial charge on any atom is 0.416 e. The number of nitrogens with zero attached hydrogens (tertiary/aromatic N) is 2. The molecule has 1 aliphatic rings. The van der Waals surface area contributed by atoms with Crippen LogP contribution in [0.1, 0.15) is 46.8 Å². The van der Waals surface area contributed by atoms with E-state index in [1.54, 1.807) is 12.1 Å². The fourth-order valence-corrected chi connectivity index (χ4v) is 3.31. The third-order valence-electron chi connectivity index (χ3n) is 4.43. The van der Waals surface area contributed by atoms with Gasteiger partial charge in [0.2, 0.25) is 0 Å². The van der Waals surface area contributed by atoms with E-state index in [0.29, 0.717) is 17.8 Å². The van der Waals surface area contributed by atoms with Crippen LogP contribution in [0.25, 0.3) is 0 Å². The molecule has 1 fully saturated rings. The lowest BCUT2D eigenvalue weighted by Crippen LogP contribution is -2.25. The number of primary amides is 1. The predicted molar refractivity (Wildman–Crippen MR) is 86.0 cm³/mol. The summed E-state index contributed by atoms with van der Waals surface area (Å²) in [5.41, 5.74) is 4.86. The van der Waals surface area contributed by atoms with E-state index < -0.39 is 17.6 Å². The van der Waals surface area contributed by atoms with Crippen molar-refractivity contribution in [2.24, 2.45) is 5.73 Å². The number of nitrogens with two attached hydrogens (primary N) is 1. The predicted octanol–water partition coefficient (Wildman–Crippen LogP) is 3.34. The molecule has 1 aromatic carbocycles. The van der Waals surface area contributed by atoms with E-state index in [1.807, 2.05) is 0 Å². The molecule has 1 amide bonds. The van der Waals surface area contributed by atoms with Crippen LogP contribution in [-0.2, 0) is 6.18 Å². The van der Waals surface area contributed by atoms with Crippen LogP contribution in [0.4, 0.5) is 19.0 Å². The molecule has 0 bridgehead atoms. The zero-order valence-corrected chi connectivity index (χ0v) is 13.3. The normalized spacial score (nSPS) is 20.4. The second-order valence-corrected chi connectivity index (χ2v) is 6.04. The zero-order chi connectivity index (χ0) is 18.0. The van der Waals surface area contributed by atoms with Gasteiger partial charge in [0.15, 0.2) is 5.69 Å². The van der Waals surface area contributed by atoms with Crippen molar-refractivity contribution in [1.29, 1.82) is 0 Å². The Hall–Kier alpha value is -2.64. The van der Waals surface area contributed by atoms with Gasteiger partial charge in [0.05, 0.1) is 5.56 Å². The maximum absolute atomic E-state index is 13.3. The highest BCUT2D eigenvalue weighted by molar-refractivity contribution is 5.90. The molecule has 8 heteroatoms. The highest BCUT2D eigenvalue weighted by Crippen LogP contribution is 2.42. The summed E-state index contributed by atoms with van der Waals surface area (Å²) >= 11 is 0. The number of rotatable bonds is 4. The maximum atomic E-state index is 13.3. The second-order valence-electron chi connectivity index (χ2n) is 6.04. The smallest absolute Gasteiger partial charge is 0.365 e. The molecule has 0 aliphatic heterocycles. The first-order chi connectivity index (χ1) is 11.9. The van der Waals surface area contributed by atoms with Crippen LogP contribution in [0.5, 0.6) is 0 Å². The molecule has 132 valence electrons. The monoisotopic (exact) mass is 350 g/mol. The van der Waals surface area contributed by atoms with Crippen LogP contribution < -0.4 is 11.1 Å². The van der Waals surface area contributed by atoms with Gasteiger partial charge in [0.1, 0.15) is 5.82 Å². The third kappa shape index (κ3) is 3.72. The van der Waals surface area contributed by atoms with Gasteiger partial charge in [-0.05, 0) is 36.6 Å². The Bertz CT molecular complexity index is 761. The number of benzene rings is 1. The average Bonchev–Trinajstić information content (AvgIpc) is 3.02. The van der Waals surface area contributed by atoms with E-state index in [4.69, 9.17) is 5.73 Å². The fraction of sp³-hybridized carbons (Fsp3) is 0.353. The van der Waals surface area contributed by atoms with Crippen molar-refractivity contribution in [3.05, 3.63) is 53.2 Å². The van der Waals surface area contributed by atoms with Gasteiger partial charge in [0.25, 0.3) is 5.91 Å². The molecule has 1 heterocycles. The van der Waals surface area contributed by atoms with E-state index >= 15 is 0 Å². The van der Waals surface area contributed by atoms with E-state index in [2.05, 4.69) is 15.5 Å². The Labute approximate surface area is 142 Å². The van der Waals surface area contributed by atoms with Crippen molar-refractivity contribution in [3.8, 4) is 0 Å². The van der Waals surface area contributed by atoms with Crippen molar-refractivity contribution in [2.45, 2.75) is 37.4 Å². The molecule has 0 saturated heterocycles. The Morgan fingerprint density at radius 1 is 1.12 bits per heavy atom. The first kappa shape index (κ1) is 17.2. The number of carbonyl (C=O) groups is 1. The van der Waals surface area contributed by atoms with Crippen molar-refractivity contribution in [1.82, 2.24) is 10.2 Å². The highest BCUT2D eigenvalue weighted by Gasteiger charge is 2.38. The van der Waals surface area contributed by atoms with Gasteiger partial charge in [-0.2, -0.15) is 13.2 Å². The largest absolute Gasteiger partial charge is 0.416 e. The SMILES string of the molecule is NC(=O)c1ccc(NC2CCCC2c2ccccc2C(F)(F)F)nn1. The van der Waals surface area contributed by atoms with Crippen molar-refractivity contribution in [3.63, 3.8) is 0 Å². The Morgan fingerprint density at radius 3 is 2.52 bits per heavy atom. The minimum absolute atomic E-state index is 0.0379. The number of nitrogens with one attached hydrogen (secondary N) is 1. The van der Waals surface area contributed by atoms with Gasteiger partial charge in [-0.1, -0.05) is 24.6 Å². The number of alkyl halides is 3. The topological polar surface area (TPSA) is 80.9 Å². The van der Waals surface area contributed by atoms with Crippen LogP contribution in [0, 0.1) is 0 Å². The van der Waals surface area contributed by atoms with Crippen LogP contribution in [0.2, 0.25) is 0 Å². The van der Waals surface area contributed by atoms with E-state index in [1.165, 1.54) is 18.2 Å². The van der Waals surface area contributed by atoms with Gasteiger partial charge in [-0.25, -0.2) is 0 Å². The highest BCUT2D eigenvalue weighted by atomic mass is 19.4. The minimum atomic E-state index is -4.38. The molecule has 1 aliphatic carbocycles. The summed E-state index contributed by atoms with van der Waals surface area (Å²) in [6, 6.07) is 8.49. The van der Waals surface area contributed by atoms with Crippen LogP contribution in [-0.4, -0.2) is 22.1 Å². The van der Waals surface area contributed by atoms with E-state index in [0.717, 1.165) is 18.9 Å². The number of hydrogen-bond donors (Lipinski definition) is 2. The molecular formula is C17H17F3N4O. The van der Waals surface area contributed by atoms with Crippen LogP contribution >= 0.6 is 0 Å². The second kappa shape index (κ2) is 6.70. The lowest BCUT2D eigenvalue weighted by atomic mass is 9.90. The first-order valence-corrected chi connectivity index (χ1v) is 7.92. The van der Waals surface area contributed by atoms with Gasteiger partial charge >= 0.3 is 6.18 Å². The number of amides is 1. The molecule has 2 aromatic rings. The van der Waals surface area contributed by atoms with Gasteiger partial charge < -0.3 is 11.1 Å². The molecule has 3 N–H and O–H groups in total. The van der Waals surface area contributed by atoms with Crippen LogP contribution in [0.3, 0.4) is 0 Å². The van der Waals surface area contributed by atoms with Crippen molar-refractivity contribution in [2.75, 3.05) is 5.32 Å². The van der Waals surface area contributed by atoms with E-state index in [-0.39, 0.29) is 17.7 Å². The molecule has 5 nitrogen and oxygen atoms in total. The third-order valence-corrected chi connectivity index (χ3v) is 4.43. The Kier molecular flexibility index (Phi) is 4.61.